The molecule has 1 heterocycles. The van der Waals surface area contributed by atoms with Crippen LogP contribution in [0.2, 0.25) is 5.02 Å². The number of hydrogen-bond donors (Lipinski definition) is 1. The first-order chi connectivity index (χ1) is 8.69. The Morgan fingerprint density at radius 2 is 2.06 bits per heavy atom. The van der Waals surface area contributed by atoms with Crippen molar-refractivity contribution in [1.82, 2.24) is 9.97 Å². The average molecular weight is 280 g/mol. The highest BCUT2D eigenvalue weighted by molar-refractivity contribution is 7.98. The lowest BCUT2D eigenvalue weighted by molar-refractivity contribution is 0.996. The lowest BCUT2D eigenvalue weighted by Gasteiger charge is -2.06. The Labute approximate surface area is 116 Å². The van der Waals surface area contributed by atoms with E-state index in [1.165, 1.54) is 0 Å². The summed E-state index contributed by atoms with van der Waals surface area (Å²) in [5, 5.41) is 3.80. The van der Waals surface area contributed by atoms with E-state index < -0.39 is 0 Å². The fourth-order valence-electron chi connectivity index (χ4n) is 1.53. The van der Waals surface area contributed by atoms with Gasteiger partial charge in [0.05, 0.1) is 10.8 Å². The van der Waals surface area contributed by atoms with Crippen LogP contribution in [0.3, 0.4) is 0 Å². The van der Waals surface area contributed by atoms with Crippen LogP contribution in [0.1, 0.15) is 11.5 Å². The molecule has 0 spiro atoms. The molecule has 0 saturated carbocycles. The highest BCUT2D eigenvalue weighted by Gasteiger charge is 2.04. The van der Waals surface area contributed by atoms with E-state index in [4.69, 9.17) is 11.6 Å². The first kappa shape index (κ1) is 13.2. The minimum atomic E-state index is 0.708. The fraction of sp³-hybridized carbons (Fsp3) is 0.231. The molecule has 1 aromatic heterocycles. The van der Waals surface area contributed by atoms with Crippen LogP contribution in [-0.2, 0) is 5.75 Å². The summed E-state index contributed by atoms with van der Waals surface area (Å²) in [5.74, 6) is 2.36. The Hall–Kier alpha value is -1.26. The molecule has 94 valence electrons. The SMILES string of the molecule is CNc1cc(C)nc(CSc2ccccc2Cl)n1. The van der Waals surface area contributed by atoms with Crippen molar-refractivity contribution in [3.63, 3.8) is 0 Å². The van der Waals surface area contributed by atoms with Crippen LogP contribution in [0.15, 0.2) is 35.2 Å². The molecule has 1 N–H and O–H groups in total. The van der Waals surface area contributed by atoms with Gasteiger partial charge in [-0.1, -0.05) is 23.7 Å². The van der Waals surface area contributed by atoms with E-state index in [0.29, 0.717) is 5.75 Å². The summed E-state index contributed by atoms with van der Waals surface area (Å²) in [4.78, 5) is 9.87. The number of aromatic nitrogens is 2. The van der Waals surface area contributed by atoms with Crippen LogP contribution in [0.5, 0.6) is 0 Å². The maximum absolute atomic E-state index is 6.11. The number of benzene rings is 1. The van der Waals surface area contributed by atoms with Gasteiger partial charge in [0.25, 0.3) is 0 Å². The summed E-state index contributed by atoms with van der Waals surface area (Å²) < 4.78 is 0. The van der Waals surface area contributed by atoms with Gasteiger partial charge in [-0.3, -0.25) is 0 Å². The van der Waals surface area contributed by atoms with Crippen molar-refractivity contribution < 1.29 is 0 Å². The van der Waals surface area contributed by atoms with Crippen molar-refractivity contribution in [2.75, 3.05) is 12.4 Å². The van der Waals surface area contributed by atoms with Gasteiger partial charge < -0.3 is 5.32 Å². The molecule has 0 aliphatic carbocycles. The van der Waals surface area contributed by atoms with E-state index >= 15 is 0 Å². The van der Waals surface area contributed by atoms with Crippen LogP contribution in [-0.4, -0.2) is 17.0 Å². The Kier molecular flexibility index (Phi) is 4.44. The standard InChI is InChI=1S/C13H14ClN3S/c1-9-7-12(15-2)17-13(16-9)8-18-11-6-4-3-5-10(11)14/h3-7H,8H2,1-2H3,(H,15,16,17). The van der Waals surface area contributed by atoms with E-state index in [2.05, 4.69) is 15.3 Å². The number of anilines is 1. The third kappa shape index (κ3) is 3.37. The average Bonchev–Trinajstić information content (AvgIpc) is 2.37. The summed E-state index contributed by atoms with van der Waals surface area (Å²) in [7, 11) is 1.85. The highest BCUT2D eigenvalue weighted by Crippen LogP contribution is 2.28. The van der Waals surface area contributed by atoms with E-state index in [-0.39, 0.29) is 0 Å². The number of nitrogens with one attached hydrogen (secondary N) is 1. The Balaban J connectivity index is 2.11. The van der Waals surface area contributed by atoms with Gasteiger partial charge in [0, 0.05) is 23.7 Å². The molecule has 5 heteroatoms. The Morgan fingerprint density at radius 1 is 1.28 bits per heavy atom. The van der Waals surface area contributed by atoms with Gasteiger partial charge >= 0.3 is 0 Å². The molecule has 0 amide bonds. The molecule has 0 saturated heterocycles. The van der Waals surface area contributed by atoms with Gasteiger partial charge in [0.2, 0.25) is 0 Å². The summed E-state index contributed by atoms with van der Waals surface area (Å²) in [5.41, 5.74) is 0.962. The molecule has 2 aromatic rings. The Morgan fingerprint density at radius 3 is 2.78 bits per heavy atom. The monoisotopic (exact) mass is 279 g/mol. The zero-order valence-electron chi connectivity index (χ0n) is 10.3. The van der Waals surface area contributed by atoms with E-state index in [1.807, 2.05) is 44.3 Å². The van der Waals surface area contributed by atoms with E-state index in [0.717, 1.165) is 27.3 Å². The van der Waals surface area contributed by atoms with Gasteiger partial charge in [-0.25, -0.2) is 9.97 Å². The number of rotatable bonds is 4. The third-order valence-electron chi connectivity index (χ3n) is 2.35. The van der Waals surface area contributed by atoms with Gasteiger partial charge in [-0.2, -0.15) is 0 Å². The number of hydrogen-bond acceptors (Lipinski definition) is 4. The zero-order chi connectivity index (χ0) is 13.0. The second kappa shape index (κ2) is 6.07. The maximum atomic E-state index is 6.11. The van der Waals surface area contributed by atoms with Crippen LogP contribution < -0.4 is 5.32 Å². The summed E-state index contributed by atoms with van der Waals surface area (Å²) in [6.45, 7) is 1.96. The van der Waals surface area contributed by atoms with Gasteiger partial charge in [-0.05, 0) is 19.1 Å². The van der Waals surface area contributed by atoms with Gasteiger partial charge in [-0.15, -0.1) is 11.8 Å². The molecule has 0 radical (unpaired) electrons. The summed E-state index contributed by atoms with van der Waals surface area (Å²) >= 11 is 7.75. The van der Waals surface area contributed by atoms with Gasteiger partial charge in [0.15, 0.2) is 0 Å². The molecule has 0 bridgehead atoms. The molecule has 0 fully saturated rings. The zero-order valence-corrected chi connectivity index (χ0v) is 11.8. The van der Waals surface area contributed by atoms with E-state index in [1.54, 1.807) is 11.8 Å². The van der Waals surface area contributed by atoms with Crippen molar-refractivity contribution in [1.29, 1.82) is 0 Å². The number of aryl methyl sites for hydroxylation is 1. The van der Waals surface area contributed by atoms with Crippen molar-refractivity contribution in [2.24, 2.45) is 0 Å². The summed E-state index contributed by atoms with van der Waals surface area (Å²) in [6, 6.07) is 9.71. The van der Waals surface area contributed by atoms with Crippen LogP contribution >= 0.6 is 23.4 Å². The van der Waals surface area contributed by atoms with Crippen LogP contribution in [0.4, 0.5) is 5.82 Å². The molecular formula is C13H14ClN3S. The number of halogens is 1. The quantitative estimate of drug-likeness (QED) is 0.865. The normalized spacial score (nSPS) is 10.4. The second-order valence-electron chi connectivity index (χ2n) is 3.78. The first-order valence-electron chi connectivity index (χ1n) is 5.58. The molecule has 0 unspecified atom stereocenters. The minimum Gasteiger partial charge on any atom is -0.373 e. The van der Waals surface area contributed by atoms with Crippen LogP contribution in [0.25, 0.3) is 0 Å². The van der Waals surface area contributed by atoms with Crippen molar-refractivity contribution in [3.8, 4) is 0 Å². The topological polar surface area (TPSA) is 37.8 Å². The fourth-order valence-corrected chi connectivity index (χ4v) is 2.62. The molecule has 2 rings (SSSR count). The number of thioether (sulfide) groups is 1. The van der Waals surface area contributed by atoms with Crippen LogP contribution in [0, 0.1) is 6.92 Å². The molecule has 1 aromatic carbocycles. The van der Waals surface area contributed by atoms with Crippen molar-refractivity contribution >= 4 is 29.2 Å². The predicted molar refractivity (Wildman–Crippen MR) is 77.3 cm³/mol. The van der Waals surface area contributed by atoms with Crippen molar-refractivity contribution in [2.45, 2.75) is 17.6 Å². The minimum absolute atomic E-state index is 0.708. The third-order valence-corrected chi connectivity index (χ3v) is 3.86. The molecular weight excluding hydrogens is 266 g/mol. The largest absolute Gasteiger partial charge is 0.373 e. The van der Waals surface area contributed by atoms with E-state index in [9.17, 15) is 0 Å². The molecule has 0 aliphatic rings. The lowest BCUT2D eigenvalue weighted by atomic mass is 10.4. The summed E-state index contributed by atoms with van der Waals surface area (Å²) in [6.07, 6.45) is 0. The predicted octanol–water partition coefficient (Wildman–Crippen LogP) is 3.77. The highest BCUT2D eigenvalue weighted by atomic mass is 35.5. The maximum Gasteiger partial charge on any atom is 0.141 e. The molecule has 18 heavy (non-hydrogen) atoms. The first-order valence-corrected chi connectivity index (χ1v) is 6.95. The molecule has 0 atom stereocenters. The lowest BCUT2D eigenvalue weighted by Crippen LogP contribution is -2.00. The molecule has 3 nitrogen and oxygen atoms in total. The molecule has 0 aliphatic heterocycles. The van der Waals surface area contributed by atoms with Gasteiger partial charge in [0.1, 0.15) is 11.6 Å². The smallest absolute Gasteiger partial charge is 0.141 e. The second-order valence-corrected chi connectivity index (χ2v) is 5.20. The number of nitrogens with zero attached hydrogens (tertiary/aromatic N) is 2. The Bertz CT molecular complexity index is 546. The van der Waals surface area contributed by atoms with Crippen molar-refractivity contribution in [3.05, 3.63) is 46.9 Å².